The van der Waals surface area contributed by atoms with E-state index in [2.05, 4.69) is 19.7 Å². The van der Waals surface area contributed by atoms with E-state index in [1.807, 2.05) is 0 Å². The third-order valence-corrected chi connectivity index (χ3v) is 6.47. The molecule has 4 heteroatoms. The van der Waals surface area contributed by atoms with E-state index in [0.29, 0.717) is 12.1 Å². The highest BCUT2D eigenvalue weighted by Gasteiger charge is 2.23. The van der Waals surface area contributed by atoms with Gasteiger partial charge in [0.1, 0.15) is 6.61 Å². The quantitative estimate of drug-likeness (QED) is 0.400. The molecular formula is C8H15ClO2Si. The molecule has 0 fully saturated rings. The summed E-state index contributed by atoms with van der Waals surface area (Å²) in [5.41, 5.74) is 0.618. The van der Waals surface area contributed by atoms with Crippen LogP contribution in [0.1, 0.15) is 6.92 Å². The van der Waals surface area contributed by atoms with Crippen molar-refractivity contribution in [2.24, 2.45) is 0 Å². The lowest BCUT2D eigenvalue weighted by molar-refractivity contribution is -0.139. The van der Waals surface area contributed by atoms with Gasteiger partial charge < -0.3 is 4.74 Å². The SMILES string of the molecule is C=C(COC(C)=O)[Si](C)(C)CCl. The summed E-state index contributed by atoms with van der Waals surface area (Å²) in [6, 6.07) is 0. The number of halogens is 1. The van der Waals surface area contributed by atoms with E-state index in [1.54, 1.807) is 0 Å². The van der Waals surface area contributed by atoms with Crippen molar-refractivity contribution in [3.05, 3.63) is 11.8 Å². The van der Waals surface area contributed by atoms with Gasteiger partial charge in [-0.05, 0) is 0 Å². The van der Waals surface area contributed by atoms with Crippen molar-refractivity contribution in [3.63, 3.8) is 0 Å². The third-order valence-electron chi connectivity index (χ3n) is 1.74. The van der Waals surface area contributed by atoms with Crippen molar-refractivity contribution in [1.82, 2.24) is 0 Å². The summed E-state index contributed by atoms with van der Waals surface area (Å²) in [4.78, 5) is 10.5. The van der Waals surface area contributed by atoms with Crippen LogP contribution in [0.15, 0.2) is 11.8 Å². The van der Waals surface area contributed by atoms with Gasteiger partial charge in [0.2, 0.25) is 0 Å². The van der Waals surface area contributed by atoms with Crippen LogP contribution in [-0.2, 0) is 9.53 Å². The maximum Gasteiger partial charge on any atom is 0.302 e. The van der Waals surface area contributed by atoms with Gasteiger partial charge in [-0.25, -0.2) is 0 Å². The highest BCUT2D eigenvalue weighted by atomic mass is 35.5. The van der Waals surface area contributed by atoms with Crippen molar-refractivity contribution in [1.29, 1.82) is 0 Å². The normalized spacial score (nSPS) is 11.0. The Labute approximate surface area is 79.6 Å². The Morgan fingerprint density at radius 2 is 2.08 bits per heavy atom. The van der Waals surface area contributed by atoms with Gasteiger partial charge in [-0.3, -0.25) is 4.79 Å². The van der Waals surface area contributed by atoms with Crippen LogP contribution < -0.4 is 0 Å². The molecule has 0 aromatic heterocycles. The zero-order valence-electron chi connectivity index (χ0n) is 7.82. The van der Waals surface area contributed by atoms with Crippen LogP contribution in [-0.4, -0.2) is 26.2 Å². The van der Waals surface area contributed by atoms with Gasteiger partial charge in [-0.15, -0.1) is 18.2 Å². The Bertz CT molecular complexity index is 189. The van der Waals surface area contributed by atoms with E-state index in [-0.39, 0.29) is 5.97 Å². The molecule has 12 heavy (non-hydrogen) atoms. The highest BCUT2D eigenvalue weighted by Crippen LogP contribution is 2.14. The van der Waals surface area contributed by atoms with Gasteiger partial charge in [-0.2, -0.15) is 0 Å². The minimum atomic E-state index is -1.55. The summed E-state index contributed by atoms with van der Waals surface area (Å²) in [6.45, 7) is 9.79. The van der Waals surface area contributed by atoms with Gasteiger partial charge >= 0.3 is 5.97 Å². The molecule has 0 rings (SSSR count). The Hall–Kier alpha value is -0.283. The van der Waals surface area contributed by atoms with Crippen molar-refractivity contribution in [2.75, 3.05) is 12.1 Å². The zero-order chi connectivity index (χ0) is 9.78. The third kappa shape index (κ3) is 3.92. The van der Waals surface area contributed by atoms with Crippen LogP contribution in [0, 0.1) is 0 Å². The molecule has 0 radical (unpaired) electrons. The molecule has 0 spiro atoms. The fourth-order valence-electron chi connectivity index (χ4n) is 0.479. The standard InChI is InChI=1S/C8H15ClO2Si/c1-7(5-11-8(2)10)12(3,4)6-9/h1,5-6H2,2-4H3. The Kier molecular flexibility index (Phi) is 4.56. The molecule has 0 atom stereocenters. The molecule has 0 bridgehead atoms. The molecule has 0 heterocycles. The second kappa shape index (κ2) is 4.67. The van der Waals surface area contributed by atoms with Crippen molar-refractivity contribution in [3.8, 4) is 0 Å². The first kappa shape index (κ1) is 11.7. The van der Waals surface area contributed by atoms with Gasteiger partial charge in [0.25, 0.3) is 0 Å². The highest BCUT2D eigenvalue weighted by molar-refractivity contribution is 6.89. The van der Waals surface area contributed by atoms with E-state index in [0.717, 1.165) is 5.20 Å². The smallest absolute Gasteiger partial charge is 0.302 e. The van der Waals surface area contributed by atoms with Gasteiger partial charge in [0, 0.05) is 12.4 Å². The van der Waals surface area contributed by atoms with Crippen LogP contribution in [0.4, 0.5) is 0 Å². The lowest BCUT2D eigenvalue weighted by Gasteiger charge is -2.21. The number of carbonyl (C=O) groups is 1. The lowest BCUT2D eigenvalue weighted by atomic mass is 10.6. The molecule has 0 N–H and O–H groups in total. The van der Waals surface area contributed by atoms with Gasteiger partial charge in [0.15, 0.2) is 0 Å². The minimum Gasteiger partial charge on any atom is -0.462 e. The average Bonchev–Trinajstić information content (AvgIpc) is 2.00. The molecule has 0 aliphatic heterocycles. The average molecular weight is 207 g/mol. The van der Waals surface area contributed by atoms with Crippen molar-refractivity contribution < 1.29 is 9.53 Å². The van der Waals surface area contributed by atoms with Crippen LogP contribution >= 0.6 is 11.6 Å². The number of esters is 1. The number of hydrogen-bond donors (Lipinski definition) is 0. The largest absolute Gasteiger partial charge is 0.462 e. The topological polar surface area (TPSA) is 26.3 Å². The minimum absolute atomic E-state index is 0.268. The second-order valence-electron chi connectivity index (χ2n) is 3.40. The maximum atomic E-state index is 10.5. The first-order valence-electron chi connectivity index (χ1n) is 3.77. The predicted molar refractivity (Wildman–Crippen MR) is 54.0 cm³/mol. The van der Waals surface area contributed by atoms with Crippen LogP contribution in [0.2, 0.25) is 13.1 Å². The number of carbonyl (C=O) groups excluding carboxylic acids is 1. The van der Waals surface area contributed by atoms with Crippen molar-refractivity contribution in [2.45, 2.75) is 20.0 Å². The molecule has 0 aliphatic rings. The molecule has 0 aliphatic carbocycles. The van der Waals surface area contributed by atoms with Crippen LogP contribution in [0.5, 0.6) is 0 Å². The summed E-state index contributed by atoms with van der Waals surface area (Å²) >= 11 is 5.76. The fourth-order valence-corrected chi connectivity index (χ4v) is 1.70. The van der Waals surface area contributed by atoms with E-state index >= 15 is 0 Å². The van der Waals surface area contributed by atoms with E-state index in [9.17, 15) is 4.79 Å². The first-order valence-corrected chi connectivity index (χ1v) is 7.52. The molecule has 0 saturated carbocycles. The molecular weight excluding hydrogens is 192 g/mol. The molecule has 0 amide bonds. The van der Waals surface area contributed by atoms with E-state index in [4.69, 9.17) is 16.3 Å². The summed E-state index contributed by atoms with van der Waals surface area (Å²) in [6.07, 6.45) is 0. The molecule has 0 saturated heterocycles. The Morgan fingerprint density at radius 1 is 1.58 bits per heavy atom. The molecule has 0 aromatic rings. The Balaban J connectivity index is 3.96. The Morgan fingerprint density at radius 3 is 2.42 bits per heavy atom. The van der Waals surface area contributed by atoms with E-state index < -0.39 is 8.07 Å². The monoisotopic (exact) mass is 206 g/mol. The zero-order valence-corrected chi connectivity index (χ0v) is 9.57. The molecule has 0 aromatic carbocycles. The van der Waals surface area contributed by atoms with Crippen LogP contribution in [0.3, 0.4) is 0 Å². The maximum absolute atomic E-state index is 10.5. The summed E-state index contributed by atoms with van der Waals surface area (Å²) in [5, 5.41) is 0.979. The van der Waals surface area contributed by atoms with Gasteiger partial charge in [0.05, 0.1) is 8.07 Å². The number of ether oxygens (including phenoxy) is 1. The van der Waals surface area contributed by atoms with Crippen molar-refractivity contribution >= 4 is 25.6 Å². The molecule has 2 nitrogen and oxygen atoms in total. The number of alkyl halides is 1. The predicted octanol–water partition coefficient (Wildman–Crippen LogP) is 2.13. The second-order valence-corrected chi connectivity index (χ2v) is 8.95. The summed E-state index contributed by atoms with van der Waals surface area (Å²) in [7, 11) is -1.55. The summed E-state index contributed by atoms with van der Waals surface area (Å²) < 4.78 is 4.83. The number of rotatable bonds is 4. The van der Waals surface area contributed by atoms with Crippen LogP contribution in [0.25, 0.3) is 0 Å². The lowest BCUT2D eigenvalue weighted by Crippen LogP contribution is -2.34. The molecule has 0 unspecified atom stereocenters. The van der Waals surface area contributed by atoms with E-state index in [1.165, 1.54) is 6.92 Å². The first-order chi connectivity index (χ1) is 5.40. The fraction of sp³-hybridized carbons (Fsp3) is 0.625. The molecule has 70 valence electrons. The summed E-state index contributed by atoms with van der Waals surface area (Å²) in [5.74, 6) is -0.268. The number of hydrogen-bond acceptors (Lipinski definition) is 2. The van der Waals surface area contributed by atoms with Gasteiger partial charge in [-0.1, -0.05) is 18.3 Å².